The van der Waals surface area contributed by atoms with Crippen LogP contribution in [-0.2, 0) is 14.3 Å². The van der Waals surface area contributed by atoms with Gasteiger partial charge in [-0.1, -0.05) is 30.3 Å². The molecule has 5 heteroatoms. The van der Waals surface area contributed by atoms with E-state index in [0.717, 1.165) is 42.4 Å². The lowest BCUT2D eigenvalue weighted by Crippen LogP contribution is -2.41. The number of carbonyl (C=O) groups is 2. The molecule has 2 aromatic rings. The third kappa shape index (κ3) is 4.57. The second-order valence-corrected chi connectivity index (χ2v) is 6.41. The Labute approximate surface area is 148 Å². The Hall–Kier alpha value is -2.40. The Morgan fingerprint density at radius 3 is 2.56 bits per heavy atom. The summed E-state index contributed by atoms with van der Waals surface area (Å²) in [7, 11) is 0. The van der Waals surface area contributed by atoms with Crippen molar-refractivity contribution in [2.75, 3.05) is 31.6 Å². The van der Waals surface area contributed by atoms with E-state index in [2.05, 4.69) is 16.3 Å². The summed E-state index contributed by atoms with van der Waals surface area (Å²) in [5.41, 5.74) is 0.810. The summed E-state index contributed by atoms with van der Waals surface area (Å²) >= 11 is 0. The lowest BCUT2D eigenvalue weighted by atomic mass is 9.97. The molecular weight excluding hydrogens is 316 g/mol. The number of esters is 1. The quantitative estimate of drug-likeness (QED) is 0.850. The van der Waals surface area contributed by atoms with Gasteiger partial charge < -0.3 is 10.1 Å². The van der Waals surface area contributed by atoms with Gasteiger partial charge in [0, 0.05) is 5.69 Å². The average molecular weight is 340 g/mol. The zero-order chi connectivity index (χ0) is 17.6. The first-order valence-corrected chi connectivity index (χ1v) is 8.83. The lowest BCUT2D eigenvalue weighted by Gasteiger charge is -2.30. The van der Waals surface area contributed by atoms with Crippen molar-refractivity contribution < 1.29 is 14.3 Å². The SMILES string of the molecule is CCOC(=O)C1CCN(CC(=O)Nc2ccc3ccccc3c2)CC1. The monoisotopic (exact) mass is 340 g/mol. The number of fused-ring (bicyclic) bond motifs is 1. The van der Waals surface area contributed by atoms with Gasteiger partial charge in [0.2, 0.25) is 5.91 Å². The van der Waals surface area contributed by atoms with Crippen LogP contribution in [0.3, 0.4) is 0 Å². The second-order valence-electron chi connectivity index (χ2n) is 6.41. The van der Waals surface area contributed by atoms with Crippen molar-refractivity contribution in [1.29, 1.82) is 0 Å². The van der Waals surface area contributed by atoms with E-state index in [1.165, 1.54) is 0 Å². The molecule has 3 rings (SSSR count). The van der Waals surface area contributed by atoms with Crippen LogP contribution in [0.15, 0.2) is 42.5 Å². The van der Waals surface area contributed by atoms with Crippen molar-refractivity contribution in [3.05, 3.63) is 42.5 Å². The predicted molar refractivity (Wildman–Crippen MR) is 98.4 cm³/mol. The van der Waals surface area contributed by atoms with Crippen LogP contribution >= 0.6 is 0 Å². The fraction of sp³-hybridized carbons (Fsp3) is 0.400. The molecule has 0 spiro atoms. The smallest absolute Gasteiger partial charge is 0.309 e. The number of anilines is 1. The first-order valence-electron chi connectivity index (χ1n) is 8.83. The van der Waals surface area contributed by atoms with Crippen LogP contribution in [0.25, 0.3) is 10.8 Å². The molecule has 0 saturated carbocycles. The van der Waals surface area contributed by atoms with E-state index >= 15 is 0 Å². The molecule has 0 aliphatic carbocycles. The van der Waals surface area contributed by atoms with E-state index in [1.807, 2.05) is 43.3 Å². The summed E-state index contributed by atoms with van der Waals surface area (Å²) in [6, 6.07) is 14.0. The number of benzene rings is 2. The summed E-state index contributed by atoms with van der Waals surface area (Å²) in [5, 5.41) is 5.22. The molecular formula is C20H24N2O3. The van der Waals surface area contributed by atoms with Crippen LogP contribution in [0.1, 0.15) is 19.8 Å². The first kappa shape index (κ1) is 17.4. The number of hydrogen-bond donors (Lipinski definition) is 1. The molecule has 0 atom stereocenters. The molecule has 132 valence electrons. The van der Waals surface area contributed by atoms with Gasteiger partial charge in [-0.2, -0.15) is 0 Å². The van der Waals surface area contributed by atoms with E-state index in [1.54, 1.807) is 0 Å². The molecule has 0 unspecified atom stereocenters. The Morgan fingerprint density at radius 2 is 1.84 bits per heavy atom. The molecule has 1 fully saturated rings. The summed E-state index contributed by atoms with van der Waals surface area (Å²) in [6.07, 6.45) is 1.50. The largest absolute Gasteiger partial charge is 0.466 e. The highest BCUT2D eigenvalue weighted by molar-refractivity contribution is 5.95. The number of carbonyl (C=O) groups excluding carboxylic acids is 2. The van der Waals surface area contributed by atoms with E-state index in [-0.39, 0.29) is 17.8 Å². The van der Waals surface area contributed by atoms with Crippen LogP contribution in [-0.4, -0.2) is 43.0 Å². The molecule has 0 aromatic heterocycles. The van der Waals surface area contributed by atoms with Gasteiger partial charge in [-0.15, -0.1) is 0 Å². The minimum Gasteiger partial charge on any atom is -0.466 e. The Balaban J connectivity index is 1.50. The van der Waals surface area contributed by atoms with Crippen molar-refractivity contribution in [1.82, 2.24) is 4.90 Å². The Kier molecular flexibility index (Phi) is 5.66. The maximum atomic E-state index is 12.3. The summed E-state index contributed by atoms with van der Waals surface area (Å²) in [6.45, 7) is 4.09. The van der Waals surface area contributed by atoms with E-state index in [9.17, 15) is 9.59 Å². The normalized spacial score (nSPS) is 15.9. The van der Waals surface area contributed by atoms with Crippen molar-refractivity contribution in [3.8, 4) is 0 Å². The number of rotatable bonds is 5. The molecule has 1 heterocycles. The minimum atomic E-state index is -0.109. The number of piperidine rings is 1. The van der Waals surface area contributed by atoms with E-state index < -0.39 is 0 Å². The van der Waals surface area contributed by atoms with Crippen LogP contribution in [0.5, 0.6) is 0 Å². The van der Waals surface area contributed by atoms with Gasteiger partial charge in [0.1, 0.15) is 0 Å². The van der Waals surface area contributed by atoms with Gasteiger partial charge in [-0.25, -0.2) is 0 Å². The van der Waals surface area contributed by atoms with Crippen LogP contribution in [0.4, 0.5) is 5.69 Å². The maximum Gasteiger partial charge on any atom is 0.309 e. The van der Waals surface area contributed by atoms with Gasteiger partial charge in [-0.05, 0) is 55.8 Å². The van der Waals surface area contributed by atoms with Crippen LogP contribution < -0.4 is 5.32 Å². The highest BCUT2D eigenvalue weighted by Gasteiger charge is 2.26. The topological polar surface area (TPSA) is 58.6 Å². The highest BCUT2D eigenvalue weighted by atomic mass is 16.5. The third-order valence-electron chi connectivity index (χ3n) is 4.61. The minimum absolute atomic E-state index is 0.0233. The Morgan fingerprint density at radius 1 is 1.12 bits per heavy atom. The lowest BCUT2D eigenvalue weighted by molar-refractivity contribution is -0.149. The van der Waals surface area contributed by atoms with Gasteiger partial charge in [0.25, 0.3) is 0 Å². The first-order chi connectivity index (χ1) is 12.2. The Bertz CT molecular complexity index is 751. The molecule has 0 bridgehead atoms. The number of nitrogens with one attached hydrogen (secondary N) is 1. The number of hydrogen-bond acceptors (Lipinski definition) is 4. The van der Waals surface area contributed by atoms with Gasteiger partial charge in [0.15, 0.2) is 0 Å². The van der Waals surface area contributed by atoms with Gasteiger partial charge >= 0.3 is 5.97 Å². The zero-order valence-electron chi connectivity index (χ0n) is 14.5. The molecule has 0 radical (unpaired) electrons. The summed E-state index contributed by atoms with van der Waals surface area (Å²) < 4.78 is 5.08. The number of likely N-dealkylation sites (tertiary alicyclic amines) is 1. The summed E-state index contributed by atoms with van der Waals surface area (Å²) in [4.78, 5) is 26.1. The molecule has 1 saturated heterocycles. The van der Waals surface area contributed by atoms with Crippen molar-refractivity contribution in [3.63, 3.8) is 0 Å². The van der Waals surface area contributed by atoms with Crippen LogP contribution in [0, 0.1) is 5.92 Å². The molecule has 1 amide bonds. The predicted octanol–water partition coefficient (Wildman–Crippen LogP) is 3.05. The molecule has 1 aliphatic rings. The molecule has 5 nitrogen and oxygen atoms in total. The number of amides is 1. The van der Waals surface area contributed by atoms with E-state index in [0.29, 0.717) is 13.2 Å². The number of ether oxygens (including phenoxy) is 1. The highest BCUT2D eigenvalue weighted by Crippen LogP contribution is 2.20. The maximum absolute atomic E-state index is 12.3. The molecule has 25 heavy (non-hydrogen) atoms. The van der Waals surface area contributed by atoms with E-state index in [4.69, 9.17) is 4.74 Å². The third-order valence-corrected chi connectivity index (χ3v) is 4.61. The average Bonchev–Trinajstić information content (AvgIpc) is 2.62. The van der Waals surface area contributed by atoms with Gasteiger partial charge in [0.05, 0.1) is 19.1 Å². The molecule has 1 N–H and O–H groups in total. The van der Waals surface area contributed by atoms with Gasteiger partial charge in [-0.3, -0.25) is 14.5 Å². The molecule has 2 aromatic carbocycles. The fourth-order valence-corrected chi connectivity index (χ4v) is 3.26. The standard InChI is InChI=1S/C20H24N2O3/c1-2-25-20(24)16-9-11-22(12-10-16)14-19(23)21-18-8-7-15-5-3-4-6-17(15)13-18/h3-8,13,16H,2,9-12,14H2,1H3,(H,21,23). The fourth-order valence-electron chi connectivity index (χ4n) is 3.26. The second kappa shape index (κ2) is 8.12. The van der Waals surface area contributed by atoms with Crippen molar-refractivity contribution >= 4 is 28.3 Å². The van der Waals surface area contributed by atoms with Crippen LogP contribution in [0.2, 0.25) is 0 Å². The zero-order valence-corrected chi connectivity index (χ0v) is 14.5. The van der Waals surface area contributed by atoms with Crippen molar-refractivity contribution in [2.24, 2.45) is 5.92 Å². The van der Waals surface area contributed by atoms with Crippen molar-refractivity contribution in [2.45, 2.75) is 19.8 Å². The molecule has 1 aliphatic heterocycles. The summed E-state index contributed by atoms with van der Waals surface area (Å²) in [5.74, 6) is -0.160. The number of nitrogens with zero attached hydrogens (tertiary/aromatic N) is 1.